The van der Waals surface area contributed by atoms with E-state index in [0.29, 0.717) is 40.2 Å². The molecule has 1 aromatic heterocycles. The Labute approximate surface area is 351 Å². The zero-order valence-electron chi connectivity index (χ0n) is 34.0. The van der Waals surface area contributed by atoms with Gasteiger partial charge in [-0.1, -0.05) is 0 Å². The van der Waals surface area contributed by atoms with Crippen LogP contribution in [0, 0.1) is 0 Å². The number of esters is 8. The van der Waals surface area contributed by atoms with Crippen molar-refractivity contribution in [2.45, 2.75) is 111 Å². The second-order valence-corrected chi connectivity index (χ2v) is 13.8. The van der Waals surface area contributed by atoms with E-state index in [0.717, 1.165) is 41.5 Å². The van der Waals surface area contributed by atoms with E-state index in [1.807, 2.05) is 0 Å². The van der Waals surface area contributed by atoms with Gasteiger partial charge in [-0.2, -0.15) is 4.90 Å². The molecule has 1 amide bonds. The van der Waals surface area contributed by atoms with Gasteiger partial charge in [-0.15, -0.1) is 0 Å². The summed E-state index contributed by atoms with van der Waals surface area (Å²) >= 11 is 3.50. The molecule has 0 spiro atoms. The summed E-state index contributed by atoms with van der Waals surface area (Å²) in [4.78, 5) is 125. The molecule has 23 heteroatoms. The smallest absolute Gasteiger partial charge is 0.358 e. The maximum atomic E-state index is 13.7. The molecule has 8 unspecified atom stereocenters. The Balaban J connectivity index is 1.48. The number of ether oxygens (including phenoxy) is 8. The summed E-state index contributed by atoms with van der Waals surface area (Å²) in [6, 6.07) is 3.31. The quantitative estimate of drug-likeness (QED) is 0.146. The minimum Gasteiger partial charge on any atom is -0.451 e. The molecule has 60 heavy (non-hydrogen) atoms. The summed E-state index contributed by atoms with van der Waals surface area (Å²) in [6.07, 6.45) is -9.24. The lowest BCUT2D eigenvalue weighted by Crippen LogP contribution is -2.75. The van der Waals surface area contributed by atoms with Crippen LogP contribution in [-0.4, -0.2) is 132 Å². The lowest BCUT2D eigenvalue weighted by atomic mass is 10.2. The van der Waals surface area contributed by atoms with Gasteiger partial charge in [0, 0.05) is 19.3 Å². The standard InChI is InChI=1S/C37H44BrN5O17/c1-16(29(45)43(37-41-14-15-42-37)26-11-10-25-28(27(26)38)40-13-12-39-25)54-31(47)18(3)56-33(49)20(5)58-35(51)22(7)60-36(52)23(8)59-34(50)21(6)57-32(48)19(4)55-30(46)17(2)53-24(9)44/h10-13,16-23H,14-15H2,1-9H3,(H,41,42)/p+1. The molecule has 0 saturated heterocycles. The number of aromatic nitrogens is 2. The fourth-order valence-electron chi connectivity index (χ4n) is 4.80. The minimum absolute atomic E-state index is 0.327. The minimum atomic E-state index is -1.64. The van der Waals surface area contributed by atoms with Crippen LogP contribution in [-0.2, 0) is 81.0 Å². The van der Waals surface area contributed by atoms with Crippen LogP contribution in [0.2, 0.25) is 0 Å². The first-order valence-electron chi connectivity index (χ1n) is 18.3. The van der Waals surface area contributed by atoms with Crippen molar-refractivity contribution in [3.8, 4) is 0 Å². The number of hydrogen-bond donors (Lipinski definition) is 2. The summed E-state index contributed by atoms with van der Waals surface area (Å²) in [5.74, 6) is -9.22. The van der Waals surface area contributed by atoms with Crippen molar-refractivity contribution in [1.82, 2.24) is 15.3 Å². The van der Waals surface area contributed by atoms with E-state index in [1.54, 1.807) is 12.1 Å². The molecule has 0 aliphatic carbocycles. The number of nitrogens with zero attached hydrogens (tertiary/aromatic N) is 3. The third-order valence-corrected chi connectivity index (χ3v) is 8.80. The number of amides is 1. The van der Waals surface area contributed by atoms with E-state index in [-0.39, 0.29) is 0 Å². The van der Waals surface area contributed by atoms with Crippen molar-refractivity contribution >= 4 is 92.3 Å². The Hall–Kier alpha value is -6.26. The molecular weight excluding hydrogens is 866 g/mol. The average Bonchev–Trinajstić information content (AvgIpc) is 3.72. The normalized spacial score (nSPS) is 16.0. The SMILES string of the molecule is CC(=O)OC(C)C(=O)OC(C)C(=O)OC(C)C(=O)OC(C)C(=O)OC(C)C(=O)OC(C)C(=O)OC(C)C(=O)OC(C)C(=O)N(C1=[NH+]CCN1)c1ccc2nccnc2c1Br. The Bertz CT molecular complexity index is 2030. The first kappa shape index (κ1) is 48.1. The first-order chi connectivity index (χ1) is 28.1. The highest BCUT2D eigenvalue weighted by Gasteiger charge is 2.39. The highest BCUT2D eigenvalue weighted by atomic mass is 79.9. The molecule has 1 aliphatic heterocycles. The molecule has 0 saturated carbocycles. The second-order valence-electron chi connectivity index (χ2n) is 13.0. The van der Waals surface area contributed by atoms with Gasteiger partial charge in [0.05, 0.1) is 23.1 Å². The zero-order valence-corrected chi connectivity index (χ0v) is 35.6. The Kier molecular flexibility index (Phi) is 17.4. The number of benzene rings is 1. The van der Waals surface area contributed by atoms with Crippen molar-refractivity contribution in [2.24, 2.45) is 0 Å². The zero-order chi connectivity index (χ0) is 45.0. The lowest BCUT2D eigenvalue weighted by Gasteiger charge is -2.23. The van der Waals surface area contributed by atoms with Crippen molar-refractivity contribution in [3.05, 3.63) is 29.0 Å². The molecule has 0 bridgehead atoms. The van der Waals surface area contributed by atoms with Crippen LogP contribution in [0.3, 0.4) is 0 Å². The predicted molar refractivity (Wildman–Crippen MR) is 204 cm³/mol. The third-order valence-electron chi connectivity index (χ3n) is 8.02. The molecule has 326 valence electrons. The Morgan fingerprint density at radius 3 is 1.32 bits per heavy atom. The van der Waals surface area contributed by atoms with E-state index in [4.69, 9.17) is 33.2 Å². The molecule has 0 fully saturated rings. The molecule has 1 aromatic carbocycles. The molecule has 22 nitrogen and oxygen atoms in total. The van der Waals surface area contributed by atoms with Gasteiger partial charge in [0.15, 0.2) is 48.8 Å². The summed E-state index contributed by atoms with van der Waals surface area (Å²) in [6.45, 7) is 11.4. The van der Waals surface area contributed by atoms with Crippen LogP contribution >= 0.6 is 15.9 Å². The van der Waals surface area contributed by atoms with Crippen LogP contribution in [0.5, 0.6) is 0 Å². The molecule has 1 aliphatic rings. The summed E-state index contributed by atoms with van der Waals surface area (Å²) < 4.78 is 40.3. The number of rotatable bonds is 17. The number of hydrogen-bond acceptors (Lipinski definition) is 20. The number of halogens is 1. The maximum Gasteiger partial charge on any atom is 0.358 e. The van der Waals surface area contributed by atoms with Crippen molar-refractivity contribution in [1.29, 1.82) is 0 Å². The monoisotopic (exact) mass is 910 g/mol. The fraction of sp³-hybridized carbons (Fsp3) is 0.514. The number of carbonyl (C=O) groups is 9. The summed E-state index contributed by atoms with van der Waals surface area (Å²) in [7, 11) is 0. The van der Waals surface area contributed by atoms with E-state index < -0.39 is 102 Å². The maximum absolute atomic E-state index is 13.7. The van der Waals surface area contributed by atoms with Gasteiger partial charge in [-0.05, 0) is 83.5 Å². The van der Waals surface area contributed by atoms with Gasteiger partial charge in [0.25, 0.3) is 0 Å². The van der Waals surface area contributed by atoms with Crippen molar-refractivity contribution in [2.75, 3.05) is 18.0 Å². The Morgan fingerprint density at radius 1 is 0.583 bits per heavy atom. The summed E-state index contributed by atoms with van der Waals surface area (Å²) in [5, 5.41) is 3.07. The second kappa shape index (κ2) is 21.7. The molecule has 0 radical (unpaired) electrons. The van der Waals surface area contributed by atoms with Gasteiger partial charge >= 0.3 is 59.6 Å². The molecular formula is C37H45BrN5O17+. The molecule has 8 atom stereocenters. The topological polar surface area (TPSA) is 282 Å². The summed E-state index contributed by atoms with van der Waals surface area (Å²) in [5.41, 5.74) is 1.41. The number of guanidine groups is 1. The first-order valence-corrected chi connectivity index (χ1v) is 19.1. The van der Waals surface area contributed by atoms with Gasteiger partial charge in [0.2, 0.25) is 0 Å². The fourth-order valence-corrected chi connectivity index (χ4v) is 5.42. The van der Waals surface area contributed by atoms with E-state index in [2.05, 4.69) is 40.9 Å². The largest absolute Gasteiger partial charge is 0.451 e. The number of carbonyl (C=O) groups excluding carboxylic acids is 9. The predicted octanol–water partition coefficient (Wildman–Crippen LogP) is -0.761. The average molecular weight is 912 g/mol. The van der Waals surface area contributed by atoms with Crippen LogP contribution in [0.25, 0.3) is 11.0 Å². The van der Waals surface area contributed by atoms with Crippen LogP contribution in [0.15, 0.2) is 29.0 Å². The van der Waals surface area contributed by atoms with E-state index >= 15 is 0 Å². The number of nitrogens with one attached hydrogen (secondary N) is 2. The highest BCUT2D eigenvalue weighted by Crippen LogP contribution is 2.32. The van der Waals surface area contributed by atoms with Crippen molar-refractivity contribution < 1.29 is 86.0 Å². The van der Waals surface area contributed by atoms with E-state index in [1.165, 1.54) is 38.1 Å². The van der Waals surface area contributed by atoms with E-state index in [9.17, 15) is 43.2 Å². The molecule has 2 aromatic rings. The van der Waals surface area contributed by atoms with Crippen LogP contribution in [0.4, 0.5) is 5.69 Å². The molecule has 2 N–H and O–H groups in total. The van der Waals surface area contributed by atoms with Crippen molar-refractivity contribution in [3.63, 3.8) is 0 Å². The van der Waals surface area contributed by atoms with Gasteiger partial charge in [0.1, 0.15) is 11.2 Å². The van der Waals surface area contributed by atoms with Gasteiger partial charge in [-0.25, -0.2) is 33.6 Å². The van der Waals surface area contributed by atoms with Crippen LogP contribution in [0.1, 0.15) is 62.3 Å². The highest BCUT2D eigenvalue weighted by molar-refractivity contribution is 9.10. The lowest BCUT2D eigenvalue weighted by molar-refractivity contribution is -0.445. The Morgan fingerprint density at radius 2 is 0.950 bits per heavy atom. The number of fused-ring (bicyclic) bond motifs is 1. The molecule has 3 rings (SSSR count). The number of anilines is 1. The van der Waals surface area contributed by atoms with Crippen LogP contribution < -0.4 is 15.2 Å². The third kappa shape index (κ3) is 13.1. The molecule has 2 heterocycles. The van der Waals surface area contributed by atoms with Gasteiger partial charge < -0.3 is 37.9 Å². The van der Waals surface area contributed by atoms with Gasteiger partial charge in [-0.3, -0.25) is 29.9 Å².